The van der Waals surface area contributed by atoms with E-state index in [1.807, 2.05) is 0 Å². The van der Waals surface area contributed by atoms with Crippen molar-refractivity contribution in [2.24, 2.45) is 35.5 Å². The summed E-state index contributed by atoms with van der Waals surface area (Å²) in [6.45, 7) is 4.92. The quantitative estimate of drug-likeness (QED) is 0.544. The van der Waals surface area contributed by atoms with Crippen molar-refractivity contribution in [3.63, 3.8) is 0 Å². The van der Waals surface area contributed by atoms with Gasteiger partial charge in [0.05, 0.1) is 0 Å². The molecule has 0 radical (unpaired) electrons. The smallest absolute Gasteiger partial charge is 0.0383 e. The predicted octanol–water partition coefficient (Wildman–Crippen LogP) is 6.45. The topological polar surface area (TPSA) is 0 Å². The van der Waals surface area contributed by atoms with Crippen molar-refractivity contribution in [1.82, 2.24) is 0 Å². The third-order valence-corrected chi connectivity index (χ3v) is 7.21. The van der Waals surface area contributed by atoms with Crippen LogP contribution in [0.1, 0.15) is 90.9 Å². The van der Waals surface area contributed by atoms with Crippen LogP contribution in [0.5, 0.6) is 0 Å². The molecular formula is C20H36. The molecule has 0 aliphatic heterocycles. The van der Waals surface area contributed by atoms with Crippen LogP contribution in [0.25, 0.3) is 0 Å². The van der Waals surface area contributed by atoms with Crippen LogP contribution in [0, 0.1) is 35.5 Å². The molecule has 0 aromatic carbocycles. The summed E-state index contributed by atoms with van der Waals surface area (Å²) in [5.74, 6) is 6.48. The molecule has 3 fully saturated rings. The zero-order valence-corrected chi connectivity index (χ0v) is 13.9. The molecule has 3 aliphatic carbocycles. The predicted molar refractivity (Wildman–Crippen MR) is 87.7 cm³/mol. The highest BCUT2D eigenvalue weighted by Gasteiger charge is 2.34. The third kappa shape index (κ3) is 3.60. The Morgan fingerprint density at radius 3 is 1.25 bits per heavy atom. The molecule has 3 saturated carbocycles. The Balaban J connectivity index is 1.51. The maximum atomic E-state index is 2.46. The Labute approximate surface area is 127 Å². The molecular weight excluding hydrogens is 240 g/mol. The molecule has 0 aromatic heterocycles. The van der Waals surface area contributed by atoms with Crippen molar-refractivity contribution in [3.8, 4) is 0 Å². The van der Waals surface area contributed by atoms with Crippen molar-refractivity contribution >= 4 is 0 Å². The summed E-state index contributed by atoms with van der Waals surface area (Å²) in [6.07, 6.45) is 18.6. The highest BCUT2D eigenvalue weighted by molar-refractivity contribution is 4.85. The van der Waals surface area contributed by atoms with Crippen LogP contribution in [-0.4, -0.2) is 0 Å². The standard InChI is InChI=1S/C20H36/c1-15-6-10-17(11-7-15)19-4-3-5-20(14-19)18-12-8-16(2)9-13-18/h15-20H,3-14H2,1-2H3. The Hall–Kier alpha value is 0. The summed E-state index contributed by atoms with van der Waals surface area (Å²) < 4.78 is 0. The van der Waals surface area contributed by atoms with E-state index in [2.05, 4.69) is 13.8 Å². The van der Waals surface area contributed by atoms with Crippen LogP contribution in [0.15, 0.2) is 0 Å². The van der Waals surface area contributed by atoms with E-state index in [9.17, 15) is 0 Å². The minimum Gasteiger partial charge on any atom is -0.0625 e. The summed E-state index contributed by atoms with van der Waals surface area (Å²) >= 11 is 0. The first-order valence-corrected chi connectivity index (χ1v) is 9.72. The van der Waals surface area contributed by atoms with E-state index >= 15 is 0 Å². The normalized spacial score (nSPS) is 47.1. The molecule has 0 saturated heterocycles. The average molecular weight is 277 g/mol. The molecule has 0 bridgehead atoms. The van der Waals surface area contributed by atoms with Gasteiger partial charge in [-0.15, -0.1) is 0 Å². The van der Waals surface area contributed by atoms with Gasteiger partial charge in [-0.05, 0) is 67.6 Å². The van der Waals surface area contributed by atoms with Crippen LogP contribution in [0.4, 0.5) is 0 Å². The minimum atomic E-state index is 1.02. The number of hydrogen-bond acceptors (Lipinski definition) is 0. The molecule has 3 rings (SSSR count). The number of hydrogen-bond donors (Lipinski definition) is 0. The van der Waals surface area contributed by atoms with Crippen molar-refractivity contribution in [1.29, 1.82) is 0 Å². The van der Waals surface area contributed by atoms with Gasteiger partial charge in [0.25, 0.3) is 0 Å². The van der Waals surface area contributed by atoms with Gasteiger partial charge in [0, 0.05) is 0 Å². The summed E-state index contributed by atoms with van der Waals surface area (Å²) in [4.78, 5) is 0. The summed E-state index contributed by atoms with van der Waals surface area (Å²) in [7, 11) is 0. The van der Waals surface area contributed by atoms with Gasteiger partial charge in [-0.3, -0.25) is 0 Å². The van der Waals surface area contributed by atoms with Crippen molar-refractivity contribution in [3.05, 3.63) is 0 Å². The second-order valence-corrected chi connectivity index (χ2v) is 8.73. The fraction of sp³-hybridized carbons (Fsp3) is 1.00. The van der Waals surface area contributed by atoms with Gasteiger partial charge >= 0.3 is 0 Å². The van der Waals surface area contributed by atoms with E-state index in [1.165, 1.54) is 25.7 Å². The second kappa shape index (κ2) is 6.84. The van der Waals surface area contributed by atoms with Crippen LogP contribution >= 0.6 is 0 Å². The average Bonchev–Trinajstić information content (AvgIpc) is 2.49. The Bertz CT molecular complexity index is 250. The van der Waals surface area contributed by atoms with Gasteiger partial charge in [0.1, 0.15) is 0 Å². The molecule has 0 amide bonds. The van der Waals surface area contributed by atoms with Crippen LogP contribution in [0.3, 0.4) is 0 Å². The minimum absolute atomic E-state index is 1.02. The monoisotopic (exact) mass is 276 g/mol. The molecule has 0 aromatic rings. The molecule has 0 heteroatoms. The van der Waals surface area contributed by atoms with E-state index in [0.717, 1.165) is 35.5 Å². The summed E-state index contributed by atoms with van der Waals surface area (Å²) in [5.41, 5.74) is 0. The highest BCUT2D eigenvalue weighted by Crippen LogP contribution is 2.46. The van der Waals surface area contributed by atoms with E-state index < -0.39 is 0 Å². The molecule has 0 heterocycles. The maximum absolute atomic E-state index is 2.46. The first-order valence-electron chi connectivity index (χ1n) is 9.72. The largest absolute Gasteiger partial charge is 0.0625 e. The van der Waals surface area contributed by atoms with Gasteiger partial charge in [-0.1, -0.05) is 58.8 Å². The zero-order valence-electron chi connectivity index (χ0n) is 13.9. The van der Waals surface area contributed by atoms with E-state index in [-0.39, 0.29) is 0 Å². The SMILES string of the molecule is CC1CCC(C2CCCC(C3CCC(C)CC3)C2)CC1. The van der Waals surface area contributed by atoms with Gasteiger partial charge in [-0.2, -0.15) is 0 Å². The van der Waals surface area contributed by atoms with E-state index in [0.29, 0.717) is 0 Å². The van der Waals surface area contributed by atoms with Crippen LogP contribution < -0.4 is 0 Å². The summed E-state index contributed by atoms with van der Waals surface area (Å²) in [6, 6.07) is 0. The fourth-order valence-corrected chi connectivity index (χ4v) is 5.64. The van der Waals surface area contributed by atoms with Crippen molar-refractivity contribution in [2.45, 2.75) is 90.9 Å². The molecule has 2 unspecified atom stereocenters. The Morgan fingerprint density at radius 2 is 0.850 bits per heavy atom. The lowest BCUT2D eigenvalue weighted by Crippen LogP contribution is -2.30. The van der Waals surface area contributed by atoms with Gasteiger partial charge in [0.2, 0.25) is 0 Å². The molecule has 2 atom stereocenters. The van der Waals surface area contributed by atoms with Gasteiger partial charge in [0.15, 0.2) is 0 Å². The van der Waals surface area contributed by atoms with Crippen molar-refractivity contribution in [2.75, 3.05) is 0 Å². The Kier molecular flexibility index (Phi) is 5.10. The fourth-order valence-electron chi connectivity index (χ4n) is 5.64. The van der Waals surface area contributed by atoms with E-state index in [4.69, 9.17) is 0 Å². The molecule has 0 spiro atoms. The third-order valence-electron chi connectivity index (χ3n) is 7.21. The van der Waals surface area contributed by atoms with Gasteiger partial charge < -0.3 is 0 Å². The molecule has 3 aliphatic rings. The zero-order chi connectivity index (χ0) is 13.9. The van der Waals surface area contributed by atoms with Crippen LogP contribution in [-0.2, 0) is 0 Å². The summed E-state index contributed by atoms with van der Waals surface area (Å²) in [5, 5.41) is 0. The number of rotatable bonds is 2. The lowest BCUT2D eigenvalue weighted by Gasteiger charge is -2.41. The van der Waals surface area contributed by atoms with Crippen LogP contribution in [0.2, 0.25) is 0 Å². The first-order chi connectivity index (χ1) is 9.72. The van der Waals surface area contributed by atoms with Gasteiger partial charge in [-0.25, -0.2) is 0 Å². The maximum Gasteiger partial charge on any atom is -0.0383 e. The van der Waals surface area contributed by atoms with Crippen molar-refractivity contribution < 1.29 is 0 Å². The lowest BCUT2D eigenvalue weighted by molar-refractivity contribution is 0.0965. The Morgan fingerprint density at radius 1 is 0.450 bits per heavy atom. The molecule has 116 valence electrons. The second-order valence-electron chi connectivity index (χ2n) is 8.73. The highest BCUT2D eigenvalue weighted by atomic mass is 14.4. The molecule has 20 heavy (non-hydrogen) atoms. The first kappa shape index (κ1) is 14.9. The molecule has 0 nitrogen and oxygen atoms in total. The lowest BCUT2D eigenvalue weighted by atomic mass is 9.64. The molecule has 0 N–H and O–H groups in total. The van der Waals surface area contributed by atoms with E-state index in [1.54, 1.807) is 51.4 Å².